The molecule has 0 aliphatic carbocycles. The largest absolute Gasteiger partial charge is 0.483 e. The molecule has 2 heterocycles. The highest BCUT2D eigenvalue weighted by Gasteiger charge is 2.24. The lowest BCUT2D eigenvalue weighted by Gasteiger charge is -2.21. The second kappa shape index (κ2) is 10.9. The number of nitrogens with zero attached hydrogens (tertiary/aromatic N) is 1. The maximum Gasteiger partial charge on any atom is 0.326 e. The van der Waals surface area contributed by atoms with Crippen LogP contribution in [0.1, 0.15) is 41.6 Å². The molecule has 3 N–H and O–H groups in total. The molecule has 34 heavy (non-hydrogen) atoms. The molecule has 0 bridgehead atoms. The van der Waals surface area contributed by atoms with E-state index in [0.717, 1.165) is 55.2 Å². The second-order valence-electron chi connectivity index (χ2n) is 8.51. The molecule has 0 spiro atoms. The molecule has 1 unspecified atom stereocenters. The topological polar surface area (TPSA) is 112 Å². The predicted octanol–water partition coefficient (Wildman–Crippen LogP) is 3.38. The smallest absolute Gasteiger partial charge is 0.326 e. The number of carboxylic acid groups (broad SMARTS) is 1. The normalized spacial score (nSPS) is 14.9. The molecule has 8 heteroatoms. The molecule has 1 aliphatic heterocycles. The molecule has 2 aromatic carbocycles. The first kappa shape index (κ1) is 23.4. The average Bonchev–Trinajstić information content (AvgIpc) is 3.05. The summed E-state index contributed by atoms with van der Waals surface area (Å²) in [4.78, 5) is 42.4. The van der Waals surface area contributed by atoms with Gasteiger partial charge in [-0.05, 0) is 36.6 Å². The number of hydrogen-bond acceptors (Lipinski definition) is 4. The Morgan fingerprint density at radius 3 is 2.47 bits per heavy atom. The molecule has 1 fully saturated rings. The number of aliphatic carboxylic acids is 1. The van der Waals surface area contributed by atoms with Gasteiger partial charge in [-0.1, -0.05) is 43.2 Å². The van der Waals surface area contributed by atoms with Crippen molar-refractivity contribution < 1.29 is 24.2 Å². The number of amides is 2. The number of aromatic amines is 1. The van der Waals surface area contributed by atoms with Crippen LogP contribution in [-0.4, -0.2) is 58.5 Å². The van der Waals surface area contributed by atoms with Gasteiger partial charge in [0.2, 0.25) is 0 Å². The fourth-order valence-electron chi connectivity index (χ4n) is 4.29. The van der Waals surface area contributed by atoms with Gasteiger partial charge in [-0.15, -0.1) is 0 Å². The van der Waals surface area contributed by atoms with Crippen molar-refractivity contribution in [1.29, 1.82) is 0 Å². The van der Waals surface area contributed by atoms with Crippen molar-refractivity contribution in [2.24, 2.45) is 0 Å². The summed E-state index contributed by atoms with van der Waals surface area (Å²) in [5.41, 5.74) is 1.90. The zero-order valence-corrected chi connectivity index (χ0v) is 19.0. The summed E-state index contributed by atoms with van der Waals surface area (Å²) < 4.78 is 5.72. The van der Waals surface area contributed by atoms with E-state index in [1.807, 2.05) is 24.3 Å². The monoisotopic (exact) mass is 463 g/mol. The van der Waals surface area contributed by atoms with Crippen molar-refractivity contribution >= 4 is 28.7 Å². The van der Waals surface area contributed by atoms with E-state index in [1.165, 1.54) is 0 Å². The summed E-state index contributed by atoms with van der Waals surface area (Å²) in [6.45, 7) is 1.28. The zero-order chi connectivity index (χ0) is 23.9. The third-order valence-corrected chi connectivity index (χ3v) is 6.14. The first-order valence-corrected chi connectivity index (χ1v) is 11.6. The predicted molar refractivity (Wildman–Crippen MR) is 128 cm³/mol. The minimum Gasteiger partial charge on any atom is -0.483 e. The first-order valence-electron chi connectivity index (χ1n) is 11.6. The summed E-state index contributed by atoms with van der Waals surface area (Å²) in [6.07, 6.45) is 6.10. The van der Waals surface area contributed by atoms with Crippen LogP contribution in [0.15, 0.2) is 54.7 Å². The molecule has 0 radical (unpaired) electrons. The molecular formula is C26H29N3O5. The van der Waals surface area contributed by atoms with Crippen molar-refractivity contribution in [2.75, 3.05) is 19.7 Å². The van der Waals surface area contributed by atoms with E-state index in [-0.39, 0.29) is 30.2 Å². The third kappa shape index (κ3) is 5.57. The molecule has 1 atom stereocenters. The lowest BCUT2D eigenvalue weighted by Crippen LogP contribution is -2.42. The maximum absolute atomic E-state index is 13.0. The van der Waals surface area contributed by atoms with E-state index in [9.17, 15) is 19.5 Å². The molecule has 1 aromatic heterocycles. The highest BCUT2D eigenvalue weighted by Crippen LogP contribution is 2.21. The fraction of sp³-hybridized carbons (Fsp3) is 0.346. The van der Waals surface area contributed by atoms with Crippen molar-refractivity contribution in [3.63, 3.8) is 0 Å². The van der Waals surface area contributed by atoms with Crippen LogP contribution >= 0.6 is 0 Å². The van der Waals surface area contributed by atoms with Crippen LogP contribution < -0.4 is 10.1 Å². The van der Waals surface area contributed by atoms with Gasteiger partial charge in [-0.25, -0.2) is 4.79 Å². The van der Waals surface area contributed by atoms with E-state index in [4.69, 9.17) is 4.74 Å². The first-order chi connectivity index (χ1) is 16.5. The van der Waals surface area contributed by atoms with Crippen LogP contribution in [-0.2, 0) is 16.0 Å². The quantitative estimate of drug-likeness (QED) is 0.474. The Balaban J connectivity index is 1.43. The minimum absolute atomic E-state index is 0.111. The Kier molecular flexibility index (Phi) is 7.47. The lowest BCUT2D eigenvalue weighted by atomic mass is 10.0. The molecule has 178 valence electrons. The molecule has 8 nitrogen and oxygen atoms in total. The summed E-state index contributed by atoms with van der Waals surface area (Å²) in [5.74, 6) is -1.56. The Morgan fingerprint density at radius 1 is 1.00 bits per heavy atom. The van der Waals surface area contributed by atoms with Crippen molar-refractivity contribution in [1.82, 2.24) is 15.2 Å². The van der Waals surface area contributed by atoms with E-state index in [2.05, 4.69) is 10.3 Å². The van der Waals surface area contributed by atoms with Crippen molar-refractivity contribution in [2.45, 2.75) is 38.1 Å². The maximum atomic E-state index is 13.0. The number of hydrogen-bond donors (Lipinski definition) is 3. The standard InChI is InChI=1S/C26H29N3O5/c30-24(29-13-7-1-2-8-14-29)17-34-23-12-6-4-10-20(23)25(31)28-22(26(32)33)15-18-16-27-21-11-5-3-9-19(18)21/h3-6,9-12,16,22,27H,1-2,7-8,13-15,17H2,(H,28,31)(H,32,33). The molecule has 3 aromatic rings. The number of carboxylic acids is 1. The summed E-state index contributed by atoms with van der Waals surface area (Å²) in [7, 11) is 0. The molecular weight excluding hydrogens is 434 g/mol. The van der Waals surface area contributed by atoms with Gasteiger partial charge < -0.3 is 25.0 Å². The van der Waals surface area contributed by atoms with Gasteiger partial charge in [-0.3, -0.25) is 9.59 Å². The summed E-state index contributed by atoms with van der Waals surface area (Å²) in [5, 5.41) is 13.3. The Bertz CT molecular complexity index is 1160. The number of likely N-dealkylation sites (tertiary alicyclic amines) is 1. The highest BCUT2D eigenvalue weighted by atomic mass is 16.5. The average molecular weight is 464 g/mol. The Morgan fingerprint density at radius 2 is 1.71 bits per heavy atom. The number of fused-ring (bicyclic) bond motifs is 1. The van der Waals surface area contributed by atoms with Crippen LogP contribution in [0, 0.1) is 0 Å². The Labute approximate surface area is 197 Å². The lowest BCUT2D eigenvalue weighted by molar-refractivity contribution is -0.139. The number of benzene rings is 2. The summed E-state index contributed by atoms with van der Waals surface area (Å²) >= 11 is 0. The van der Waals surface area contributed by atoms with E-state index in [1.54, 1.807) is 35.4 Å². The molecule has 4 rings (SSSR count). The van der Waals surface area contributed by atoms with Crippen molar-refractivity contribution in [3.05, 3.63) is 65.9 Å². The van der Waals surface area contributed by atoms with Gasteiger partial charge in [0, 0.05) is 36.6 Å². The number of rotatable bonds is 8. The van der Waals surface area contributed by atoms with Crippen LogP contribution in [0.25, 0.3) is 10.9 Å². The fourth-order valence-corrected chi connectivity index (χ4v) is 4.29. The molecule has 1 saturated heterocycles. The molecule has 1 aliphatic rings. The number of carbonyl (C=O) groups excluding carboxylic acids is 2. The SMILES string of the molecule is O=C(NC(Cc1c[nH]c2ccccc12)C(=O)O)c1ccccc1OCC(=O)N1CCCCCC1. The number of carbonyl (C=O) groups is 3. The van der Waals surface area contributed by atoms with Gasteiger partial charge in [0.1, 0.15) is 11.8 Å². The van der Waals surface area contributed by atoms with Gasteiger partial charge in [0.05, 0.1) is 5.56 Å². The zero-order valence-electron chi connectivity index (χ0n) is 19.0. The van der Waals surface area contributed by atoms with Crippen LogP contribution in [0.2, 0.25) is 0 Å². The highest BCUT2D eigenvalue weighted by molar-refractivity contribution is 5.99. The number of nitrogens with one attached hydrogen (secondary N) is 2. The van der Waals surface area contributed by atoms with Gasteiger partial charge in [-0.2, -0.15) is 0 Å². The van der Waals surface area contributed by atoms with Crippen molar-refractivity contribution in [3.8, 4) is 5.75 Å². The van der Waals surface area contributed by atoms with Gasteiger partial charge in [0.15, 0.2) is 6.61 Å². The van der Waals surface area contributed by atoms with Crippen LogP contribution in [0.3, 0.4) is 0 Å². The van der Waals surface area contributed by atoms with E-state index >= 15 is 0 Å². The van der Waals surface area contributed by atoms with E-state index in [0.29, 0.717) is 0 Å². The minimum atomic E-state index is -1.13. The third-order valence-electron chi connectivity index (χ3n) is 6.14. The molecule has 2 amide bonds. The second-order valence-corrected chi connectivity index (χ2v) is 8.51. The van der Waals surface area contributed by atoms with E-state index < -0.39 is 17.9 Å². The number of aromatic nitrogens is 1. The van der Waals surface area contributed by atoms with Crippen LogP contribution in [0.4, 0.5) is 0 Å². The number of ether oxygens (including phenoxy) is 1. The van der Waals surface area contributed by atoms with Gasteiger partial charge in [0.25, 0.3) is 11.8 Å². The number of para-hydroxylation sites is 2. The summed E-state index contributed by atoms with van der Waals surface area (Å²) in [6, 6.07) is 13.0. The molecule has 0 saturated carbocycles. The Hall–Kier alpha value is -3.81. The van der Waals surface area contributed by atoms with Crippen LogP contribution in [0.5, 0.6) is 5.75 Å². The number of H-pyrrole nitrogens is 1. The van der Waals surface area contributed by atoms with Gasteiger partial charge >= 0.3 is 5.97 Å².